The summed E-state index contributed by atoms with van der Waals surface area (Å²) in [5.41, 5.74) is 7.27. The molecule has 2 N–H and O–H groups in total. The van der Waals surface area contributed by atoms with E-state index in [1.807, 2.05) is 54.6 Å². The molecule has 0 radical (unpaired) electrons. The zero-order valence-corrected chi connectivity index (χ0v) is 10.7. The maximum Gasteiger partial charge on any atom is 0.242 e. The zero-order chi connectivity index (χ0) is 13.5. The van der Waals surface area contributed by atoms with Crippen molar-refractivity contribution in [3.8, 4) is 5.75 Å². The lowest BCUT2D eigenvalue weighted by Crippen LogP contribution is -2.30. The van der Waals surface area contributed by atoms with Gasteiger partial charge in [-0.3, -0.25) is 15.6 Å². The van der Waals surface area contributed by atoms with Crippen molar-refractivity contribution in [2.75, 3.05) is 12.5 Å². The van der Waals surface area contributed by atoms with Gasteiger partial charge in [-0.05, 0) is 17.7 Å². The fourth-order valence-electron chi connectivity index (χ4n) is 1.67. The number of hydrogen-bond acceptors (Lipinski definition) is 3. The Labute approximate surface area is 112 Å². The summed E-state index contributed by atoms with van der Waals surface area (Å²) in [6.07, 6.45) is 0.345. The van der Waals surface area contributed by atoms with Gasteiger partial charge in [0.05, 0.1) is 19.2 Å². The van der Waals surface area contributed by atoms with E-state index in [-0.39, 0.29) is 5.91 Å². The maximum absolute atomic E-state index is 11.7. The van der Waals surface area contributed by atoms with Crippen LogP contribution in [-0.2, 0) is 11.2 Å². The summed E-state index contributed by atoms with van der Waals surface area (Å²) in [5.74, 6) is 0.649. The van der Waals surface area contributed by atoms with Gasteiger partial charge < -0.3 is 4.74 Å². The highest BCUT2D eigenvalue weighted by atomic mass is 16.5. The van der Waals surface area contributed by atoms with Crippen molar-refractivity contribution in [1.29, 1.82) is 0 Å². The Morgan fingerprint density at radius 3 is 2.63 bits per heavy atom. The molecule has 0 saturated carbocycles. The van der Waals surface area contributed by atoms with Crippen molar-refractivity contribution in [2.24, 2.45) is 0 Å². The number of benzene rings is 2. The van der Waals surface area contributed by atoms with Crippen molar-refractivity contribution >= 4 is 11.6 Å². The zero-order valence-electron chi connectivity index (χ0n) is 10.7. The molecule has 4 nitrogen and oxygen atoms in total. The van der Waals surface area contributed by atoms with Crippen LogP contribution in [0.2, 0.25) is 0 Å². The highest BCUT2D eigenvalue weighted by Gasteiger charge is 2.02. The Morgan fingerprint density at radius 2 is 1.89 bits per heavy atom. The number of hydrogen-bond donors (Lipinski definition) is 2. The first-order valence-electron chi connectivity index (χ1n) is 6.01. The summed E-state index contributed by atoms with van der Waals surface area (Å²) in [6.45, 7) is 0. The lowest BCUT2D eigenvalue weighted by atomic mass is 10.1. The topological polar surface area (TPSA) is 50.4 Å². The van der Waals surface area contributed by atoms with Gasteiger partial charge in [-0.2, -0.15) is 0 Å². The normalized spacial score (nSPS) is 9.74. The summed E-state index contributed by atoms with van der Waals surface area (Å²) >= 11 is 0. The van der Waals surface area contributed by atoms with Crippen LogP contribution in [0.25, 0.3) is 0 Å². The van der Waals surface area contributed by atoms with Gasteiger partial charge in [0.1, 0.15) is 5.75 Å². The molecule has 0 aliphatic carbocycles. The maximum atomic E-state index is 11.7. The highest BCUT2D eigenvalue weighted by Crippen LogP contribution is 2.15. The predicted octanol–water partition coefficient (Wildman–Crippen LogP) is 2.38. The van der Waals surface area contributed by atoms with Crippen molar-refractivity contribution in [2.45, 2.75) is 6.42 Å². The van der Waals surface area contributed by atoms with Crippen LogP contribution >= 0.6 is 0 Å². The fourth-order valence-corrected chi connectivity index (χ4v) is 1.67. The first kappa shape index (κ1) is 13.0. The van der Waals surface area contributed by atoms with Crippen molar-refractivity contribution in [3.05, 3.63) is 60.2 Å². The van der Waals surface area contributed by atoms with E-state index in [9.17, 15) is 4.79 Å². The number of rotatable bonds is 5. The molecule has 0 aromatic heterocycles. The number of anilines is 1. The Balaban J connectivity index is 1.86. The summed E-state index contributed by atoms with van der Waals surface area (Å²) in [5, 5.41) is 0. The molecule has 0 saturated heterocycles. The van der Waals surface area contributed by atoms with Gasteiger partial charge in [0.25, 0.3) is 0 Å². The van der Waals surface area contributed by atoms with E-state index in [0.717, 1.165) is 17.0 Å². The molecular formula is C15H16N2O2. The number of carbonyl (C=O) groups is 1. The van der Waals surface area contributed by atoms with Gasteiger partial charge >= 0.3 is 0 Å². The van der Waals surface area contributed by atoms with E-state index in [1.54, 1.807) is 7.11 Å². The molecule has 2 aromatic carbocycles. The van der Waals surface area contributed by atoms with E-state index in [1.165, 1.54) is 0 Å². The molecule has 1 amide bonds. The van der Waals surface area contributed by atoms with Crippen molar-refractivity contribution in [1.82, 2.24) is 5.43 Å². The largest absolute Gasteiger partial charge is 0.497 e. The molecule has 19 heavy (non-hydrogen) atoms. The van der Waals surface area contributed by atoms with E-state index in [4.69, 9.17) is 4.74 Å². The number of methoxy groups -OCH3 is 1. The van der Waals surface area contributed by atoms with Gasteiger partial charge in [-0.1, -0.05) is 36.4 Å². The Bertz CT molecular complexity index is 541. The molecule has 2 aromatic rings. The summed E-state index contributed by atoms with van der Waals surface area (Å²) in [4.78, 5) is 11.7. The van der Waals surface area contributed by atoms with Crippen molar-refractivity contribution in [3.63, 3.8) is 0 Å². The minimum Gasteiger partial charge on any atom is -0.497 e. The molecule has 0 bridgehead atoms. The standard InChI is InChI=1S/C15H16N2O2/c1-19-14-9-5-8-13(11-14)16-17-15(18)10-12-6-3-2-4-7-12/h2-9,11,16H,10H2,1H3,(H,17,18). The second kappa shape index (κ2) is 6.44. The van der Waals surface area contributed by atoms with Gasteiger partial charge in [0.2, 0.25) is 5.91 Å². The minimum absolute atomic E-state index is 0.0889. The second-order valence-electron chi connectivity index (χ2n) is 4.07. The third kappa shape index (κ3) is 4.03. The molecule has 0 fully saturated rings. The van der Waals surface area contributed by atoms with E-state index in [2.05, 4.69) is 10.9 Å². The van der Waals surface area contributed by atoms with Crippen LogP contribution < -0.4 is 15.6 Å². The van der Waals surface area contributed by atoms with E-state index in [0.29, 0.717) is 6.42 Å². The minimum atomic E-state index is -0.0889. The smallest absolute Gasteiger partial charge is 0.242 e. The molecule has 0 aliphatic heterocycles. The van der Waals surface area contributed by atoms with Crippen LogP contribution in [-0.4, -0.2) is 13.0 Å². The monoisotopic (exact) mass is 256 g/mol. The molecule has 0 atom stereocenters. The quantitative estimate of drug-likeness (QED) is 0.807. The SMILES string of the molecule is COc1cccc(NNC(=O)Cc2ccccc2)c1. The van der Waals surface area contributed by atoms with Crippen LogP contribution in [0.15, 0.2) is 54.6 Å². The van der Waals surface area contributed by atoms with Gasteiger partial charge in [-0.25, -0.2) is 0 Å². The van der Waals surface area contributed by atoms with Crippen LogP contribution in [0.1, 0.15) is 5.56 Å². The molecule has 98 valence electrons. The third-order valence-corrected chi connectivity index (χ3v) is 2.62. The van der Waals surface area contributed by atoms with Crippen LogP contribution in [0.3, 0.4) is 0 Å². The molecular weight excluding hydrogens is 240 g/mol. The van der Waals surface area contributed by atoms with E-state index >= 15 is 0 Å². The Kier molecular flexibility index (Phi) is 4.39. The van der Waals surface area contributed by atoms with Crippen LogP contribution in [0.4, 0.5) is 5.69 Å². The van der Waals surface area contributed by atoms with Gasteiger partial charge in [0, 0.05) is 6.07 Å². The van der Waals surface area contributed by atoms with Crippen LogP contribution in [0, 0.1) is 0 Å². The van der Waals surface area contributed by atoms with E-state index < -0.39 is 0 Å². The summed E-state index contributed by atoms with van der Waals surface area (Å²) < 4.78 is 5.10. The molecule has 0 spiro atoms. The first-order chi connectivity index (χ1) is 9.28. The number of hydrazine groups is 1. The molecule has 2 rings (SSSR count). The predicted molar refractivity (Wildman–Crippen MR) is 74.9 cm³/mol. The average molecular weight is 256 g/mol. The van der Waals surface area contributed by atoms with Crippen molar-refractivity contribution < 1.29 is 9.53 Å². The highest BCUT2D eigenvalue weighted by molar-refractivity contribution is 5.79. The lowest BCUT2D eigenvalue weighted by molar-refractivity contribution is -0.119. The average Bonchev–Trinajstić information content (AvgIpc) is 2.46. The number of ether oxygens (including phenoxy) is 1. The molecule has 0 unspecified atom stereocenters. The third-order valence-electron chi connectivity index (χ3n) is 2.62. The van der Waals surface area contributed by atoms with Gasteiger partial charge in [0.15, 0.2) is 0 Å². The first-order valence-corrected chi connectivity index (χ1v) is 6.01. The van der Waals surface area contributed by atoms with Gasteiger partial charge in [-0.15, -0.1) is 0 Å². The molecule has 4 heteroatoms. The number of amides is 1. The lowest BCUT2D eigenvalue weighted by Gasteiger charge is -2.09. The fraction of sp³-hybridized carbons (Fsp3) is 0.133. The summed E-state index contributed by atoms with van der Waals surface area (Å²) in [6, 6.07) is 17.0. The summed E-state index contributed by atoms with van der Waals surface area (Å²) in [7, 11) is 1.60. The second-order valence-corrected chi connectivity index (χ2v) is 4.07. The number of nitrogens with one attached hydrogen (secondary N) is 2. The Morgan fingerprint density at radius 1 is 1.11 bits per heavy atom. The molecule has 0 heterocycles. The van der Waals surface area contributed by atoms with Crippen LogP contribution in [0.5, 0.6) is 5.75 Å². The molecule has 0 aliphatic rings. The Hall–Kier alpha value is -2.49. The number of carbonyl (C=O) groups excluding carboxylic acids is 1.